The predicted octanol–water partition coefficient (Wildman–Crippen LogP) is 4.45. The van der Waals surface area contributed by atoms with Crippen molar-refractivity contribution in [2.75, 3.05) is 14.2 Å². The van der Waals surface area contributed by atoms with E-state index in [1.54, 1.807) is 45.2 Å². The van der Waals surface area contributed by atoms with Crippen LogP contribution in [0.1, 0.15) is 49.7 Å². The highest BCUT2D eigenvalue weighted by Gasteiger charge is 2.37. The van der Waals surface area contributed by atoms with Gasteiger partial charge in [-0.3, -0.25) is 9.59 Å². The third-order valence-electron chi connectivity index (χ3n) is 4.32. The maximum Gasteiger partial charge on any atom is 0.314 e. The summed E-state index contributed by atoms with van der Waals surface area (Å²) >= 11 is 0. The van der Waals surface area contributed by atoms with E-state index in [1.807, 2.05) is 50.2 Å². The van der Waals surface area contributed by atoms with Crippen molar-refractivity contribution >= 4 is 22.0 Å². The second kappa shape index (κ2) is 15.8. The molecule has 0 aliphatic rings. The van der Waals surface area contributed by atoms with Crippen LogP contribution in [-0.2, 0) is 18.7 Å². The van der Waals surface area contributed by atoms with Gasteiger partial charge in [0.25, 0.3) is 5.95 Å². The number of allylic oxidation sites excluding steroid dienone is 1. The molecule has 176 valence electrons. The van der Waals surface area contributed by atoms with Gasteiger partial charge in [0.05, 0.1) is 25.7 Å². The minimum absolute atomic E-state index is 0.370. The van der Waals surface area contributed by atoms with Crippen molar-refractivity contribution < 1.29 is 28.6 Å². The zero-order chi connectivity index (χ0) is 24.6. The minimum atomic E-state index is -0.934. The Morgan fingerprint density at radius 3 is 1.78 bits per heavy atom. The maximum absolute atomic E-state index is 11.5. The highest BCUT2D eigenvalue weighted by atomic mass is 28.2. The van der Waals surface area contributed by atoms with E-state index < -0.39 is 17.5 Å². The average molecular weight is 461 g/mol. The Kier molecular flexibility index (Phi) is 14.4. The number of carbonyl (C=O) groups excluding carboxylic acids is 2. The van der Waals surface area contributed by atoms with Gasteiger partial charge in [0.1, 0.15) is 6.29 Å². The molecule has 6 nitrogen and oxygen atoms in total. The number of aliphatic hydroxyl groups excluding tert-OH is 1. The second-order valence-electron chi connectivity index (χ2n) is 7.48. The van der Waals surface area contributed by atoms with Crippen LogP contribution in [0.4, 0.5) is 0 Å². The second-order valence-corrected chi connectivity index (χ2v) is 8.35. The molecule has 0 heterocycles. The Labute approximate surface area is 194 Å². The van der Waals surface area contributed by atoms with E-state index in [4.69, 9.17) is 9.16 Å². The minimum Gasteiger partial charge on any atom is -0.525 e. The summed E-state index contributed by atoms with van der Waals surface area (Å²) < 4.78 is 14.9. The van der Waals surface area contributed by atoms with Gasteiger partial charge in [-0.2, -0.15) is 0 Å². The van der Waals surface area contributed by atoms with E-state index in [1.165, 1.54) is 7.11 Å². The quantitative estimate of drug-likeness (QED) is 0.284. The molecule has 0 radical (unpaired) electrons. The number of esters is 1. The monoisotopic (exact) mass is 460 g/mol. The Bertz CT molecular complexity index is 815. The van der Waals surface area contributed by atoms with Crippen molar-refractivity contribution in [3.63, 3.8) is 0 Å². The molecule has 7 heteroatoms. The van der Waals surface area contributed by atoms with E-state index in [-0.39, 0.29) is 9.76 Å². The fraction of sp³-hybridized carbons (Fsp3) is 0.360. The predicted molar refractivity (Wildman–Crippen MR) is 130 cm³/mol. The van der Waals surface area contributed by atoms with Gasteiger partial charge in [-0.1, -0.05) is 60.7 Å². The first kappa shape index (κ1) is 29.1. The summed E-state index contributed by atoms with van der Waals surface area (Å²) in [5, 5.41) is 10.0. The summed E-state index contributed by atoms with van der Waals surface area (Å²) in [6, 6.07) is 18.2. The molecule has 0 saturated heterocycles. The average Bonchev–Trinajstić information content (AvgIpc) is 2.83. The van der Waals surface area contributed by atoms with E-state index in [0.717, 1.165) is 17.4 Å². The third kappa shape index (κ3) is 10.4. The molecule has 0 aliphatic heterocycles. The van der Waals surface area contributed by atoms with Crippen LogP contribution in [0.3, 0.4) is 0 Å². The van der Waals surface area contributed by atoms with Gasteiger partial charge in [-0.25, -0.2) is 0 Å². The van der Waals surface area contributed by atoms with E-state index in [9.17, 15) is 14.7 Å². The molecule has 0 saturated carbocycles. The van der Waals surface area contributed by atoms with Crippen LogP contribution in [0.5, 0.6) is 0 Å². The highest BCUT2D eigenvalue weighted by molar-refractivity contribution is 6.25. The number of methoxy groups -OCH3 is 2. The fourth-order valence-electron chi connectivity index (χ4n) is 2.50. The number of hydrogen-bond donors (Lipinski definition) is 1. The lowest BCUT2D eigenvalue weighted by molar-refractivity contribution is -0.157. The smallest absolute Gasteiger partial charge is 0.314 e. The molecule has 1 atom stereocenters. The van der Waals surface area contributed by atoms with E-state index in [2.05, 4.69) is 11.3 Å². The molecule has 2 rings (SSSR count). The summed E-state index contributed by atoms with van der Waals surface area (Å²) in [5.74, 6) is 0.281. The van der Waals surface area contributed by atoms with Crippen LogP contribution in [0.2, 0.25) is 6.55 Å². The molecule has 32 heavy (non-hydrogen) atoms. The third-order valence-corrected chi connectivity index (χ3v) is 4.87. The van der Waals surface area contributed by atoms with Crippen LogP contribution in [0, 0.1) is 5.41 Å². The largest absolute Gasteiger partial charge is 0.525 e. The summed E-state index contributed by atoms with van der Waals surface area (Å²) in [7, 11) is 2.58. The molecule has 0 aliphatic carbocycles. The summed E-state index contributed by atoms with van der Waals surface area (Å²) in [5.41, 5.74) is 1.61. The lowest BCUT2D eigenvalue weighted by atomic mass is 9.83. The Morgan fingerprint density at radius 2 is 1.47 bits per heavy atom. The standard InChI is InChI=1S/C12H16O3.C7H6O.C6H14O2Si/c1-12(2,11(14)15-3)10(13)9-7-5-4-6-8-9;8-6-7-4-2-1-3-5-7;1-5(2)6(7-3)8-9-4/h4-8,10,13H,1-3H3;1-6H;9H2,1-4H3. The highest BCUT2D eigenvalue weighted by Crippen LogP contribution is 2.34. The Balaban J connectivity index is 0.000000485. The van der Waals surface area contributed by atoms with Crippen molar-refractivity contribution in [3.05, 3.63) is 83.3 Å². The first-order chi connectivity index (χ1) is 15.1. The van der Waals surface area contributed by atoms with Crippen LogP contribution in [0.25, 0.3) is 0 Å². The number of hydrogen-bond acceptors (Lipinski definition) is 6. The topological polar surface area (TPSA) is 82.1 Å². The molecule has 0 bridgehead atoms. The molecule has 0 aromatic heterocycles. The molecule has 1 N–H and O–H groups in total. The van der Waals surface area contributed by atoms with Crippen molar-refractivity contribution in [2.45, 2.75) is 40.3 Å². The summed E-state index contributed by atoms with van der Waals surface area (Å²) in [4.78, 5) is 21.5. The summed E-state index contributed by atoms with van der Waals surface area (Å²) in [6.45, 7) is 9.35. The van der Waals surface area contributed by atoms with Crippen LogP contribution >= 0.6 is 0 Å². The van der Waals surface area contributed by atoms with Crippen LogP contribution in [-0.4, -0.2) is 41.3 Å². The fourth-order valence-corrected chi connectivity index (χ4v) is 3.17. The van der Waals surface area contributed by atoms with Gasteiger partial charge < -0.3 is 19.0 Å². The molecule has 2 aromatic carbocycles. The SMILES string of the molecule is COC(=O)C(C)(C)C(O)c1ccccc1.COC(O[SiH2]C)=C(C)C.O=Cc1ccccc1. The Hall–Kier alpha value is -2.90. The normalized spacial score (nSPS) is 11.1. The van der Waals surface area contributed by atoms with Crippen molar-refractivity contribution in [2.24, 2.45) is 5.41 Å². The van der Waals surface area contributed by atoms with E-state index >= 15 is 0 Å². The summed E-state index contributed by atoms with van der Waals surface area (Å²) in [6.07, 6.45) is -0.0221. The van der Waals surface area contributed by atoms with Gasteiger partial charge in [-0.05, 0) is 39.8 Å². The maximum atomic E-state index is 11.5. The number of carbonyl (C=O) groups is 2. The number of ether oxygens (including phenoxy) is 2. The molecule has 0 amide bonds. The zero-order valence-corrected chi connectivity index (χ0v) is 21.5. The molecule has 1 unspecified atom stereocenters. The van der Waals surface area contributed by atoms with Gasteiger partial charge in [0, 0.05) is 11.1 Å². The molecular formula is C25H36O6Si. The van der Waals surface area contributed by atoms with Crippen molar-refractivity contribution in [1.29, 1.82) is 0 Å². The van der Waals surface area contributed by atoms with Gasteiger partial charge in [-0.15, -0.1) is 0 Å². The van der Waals surface area contributed by atoms with E-state index in [0.29, 0.717) is 11.5 Å². The number of aliphatic hydroxyl groups is 1. The van der Waals surface area contributed by atoms with Crippen molar-refractivity contribution in [3.8, 4) is 0 Å². The molecular weight excluding hydrogens is 424 g/mol. The van der Waals surface area contributed by atoms with Crippen LogP contribution in [0.15, 0.2) is 72.2 Å². The zero-order valence-electron chi connectivity index (χ0n) is 20.1. The molecule has 0 spiro atoms. The van der Waals surface area contributed by atoms with Crippen molar-refractivity contribution in [1.82, 2.24) is 0 Å². The van der Waals surface area contributed by atoms with Gasteiger partial charge in [0.2, 0.25) is 9.76 Å². The number of rotatable bonds is 7. The first-order valence-corrected chi connectivity index (χ1v) is 12.3. The lowest BCUT2D eigenvalue weighted by Gasteiger charge is -2.27. The number of benzene rings is 2. The van der Waals surface area contributed by atoms with Gasteiger partial charge in [0.15, 0.2) is 0 Å². The molecule has 2 aromatic rings. The lowest BCUT2D eigenvalue weighted by Crippen LogP contribution is -2.32. The van der Waals surface area contributed by atoms with Gasteiger partial charge >= 0.3 is 5.97 Å². The Morgan fingerprint density at radius 1 is 0.969 bits per heavy atom. The first-order valence-electron chi connectivity index (χ1n) is 10.3. The van der Waals surface area contributed by atoms with Crippen LogP contribution < -0.4 is 0 Å². The number of aldehydes is 1. The molecule has 0 fully saturated rings.